The van der Waals surface area contributed by atoms with E-state index < -0.39 is 0 Å². The average molecular weight is 441 g/mol. The van der Waals surface area contributed by atoms with Crippen molar-refractivity contribution in [3.05, 3.63) is 75.8 Å². The topological polar surface area (TPSA) is 59.0 Å². The second-order valence-electron chi connectivity index (χ2n) is 7.83. The van der Waals surface area contributed by atoms with E-state index in [1.807, 2.05) is 24.3 Å². The Morgan fingerprint density at radius 3 is 2.47 bits per heavy atom. The third-order valence-electron chi connectivity index (χ3n) is 6.04. The standard InChI is InChI=1S/C23H18Cl2N2O3/c24-17-7-6-16(19(25)10-17)12-30-18-3-1-2-13(8-18)11-26-27-22(28)20-14-4-5-15(9-14)21(20)23(27)29/h1-8,10-11,14-15,20-21H,9,12H2/b26-11-/t14-,15-,20+,21+/m0/s1. The van der Waals surface area contributed by atoms with Crippen LogP contribution >= 0.6 is 23.2 Å². The molecule has 4 atom stereocenters. The zero-order valence-corrected chi connectivity index (χ0v) is 17.4. The number of rotatable bonds is 5. The van der Waals surface area contributed by atoms with Gasteiger partial charge >= 0.3 is 0 Å². The molecule has 2 aromatic rings. The van der Waals surface area contributed by atoms with Gasteiger partial charge in [-0.15, -0.1) is 0 Å². The maximum Gasteiger partial charge on any atom is 0.254 e. The van der Waals surface area contributed by atoms with Gasteiger partial charge in [0.15, 0.2) is 0 Å². The highest BCUT2D eigenvalue weighted by Gasteiger charge is 2.59. The molecule has 30 heavy (non-hydrogen) atoms. The molecule has 0 radical (unpaired) electrons. The maximum absolute atomic E-state index is 12.7. The monoisotopic (exact) mass is 440 g/mol. The Bertz CT molecular complexity index is 1070. The summed E-state index contributed by atoms with van der Waals surface area (Å²) in [6.45, 7) is 0.291. The van der Waals surface area contributed by atoms with E-state index in [1.54, 1.807) is 18.2 Å². The van der Waals surface area contributed by atoms with Crippen molar-refractivity contribution >= 4 is 41.2 Å². The van der Waals surface area contributed by atoms with E-state index in [1.165, 1.54) is 6.21 Å². The third kappa shape index (κ3) is 3.32. The quantitative estimate of drug-likeness (QED) is 0.384. The number of halogens is 2. The van der Waals surface area contributed by atoms with Gasteiger partial charge in [-0.05, 0) is 48.1 Å². The normalized spacial score (nSPS) is 26.8. The fourth-order valence-electron chi connectivity index (χ4n) is 4.61. The van der Waals surface area contributed by atoms with Crippen molar-refractivity contribution in [3.8, 4) is 5.75 Å². The second kappa shape index (κ2) is 7.56. The van der Waals surface area contributed by atoms with Crippen LogP contribution in [0.1, 0.15) is 17.5 Å². The molecule has 5 rings (SSSR count). The summed E-state index contributed by atoms with van der Waals surface area (Å²) in [5.74, 6) is 0.0990. The number of hydrazone groups is 1. The predicted molar refractivity (Wildman–Crippen MR) is 114 cm³/mol. The number of amides is 2. The summed E-state index contributed by atoms with van der Waals surface area (Å²) in [7, 11) is 0. The number of allylic oxidation sites excluding steroid dienone is 2. The Morgan fingerprint density at radius 2 is 1.77 bits per heavy atom. The smallest absolute Gasteiger partial charge is 0.254 e. The van der Waals surface area contributed by atoms with E-state index in [0.29, 0.717) is 22.4 Å². The van der Waals surface area contributed by atoms with Gasteiger partial charge in [0.25, 0.3) is 11.8 Å². The lowest BCUT2D eigenvalue weighted by molar-refractivity contribution is -0.140. The number of hydrogen-bond donors (Lipinski definition) is 0. The van der Waals surface area contributed by atoms with Crippen LogP contribution in [0.15, 0.2) is 59.7 Å². The SMILES string of the molecule is O=C1[C@H]2[C@H](C(=O)N1/N=C\c1cccc(OCc3ccc(Cl)cc3Cl)c1)[C@H]1C=C[C@H]2C1. The first-order valence-electron chi connectivity index (χ1n) is 9.78. The average Bonchev–Trinajstić information content (AvgIpc) is 3.41. The summed E-state index contributed by atoms with van der Waals surface area (Å²) >= 11 is 12.1. The molecule has 1 saturated heterocycles. The summed E-state index contributed by atoms with van der Waals surface area (Å²) in [6, 6.07) is 12.5. The molecule has 1 aliphatic heterocycles. The molecule has 152 valence electrons. The summed E-state index contributed by atoms with van der Waals surface area (Å²) in [5, 5.41) is 6.36. The van der Waals surface area contributed by atoms with Crippen molar-refractivity contribution in [2.45, 2.75) is 13.0 Å². The zero-order chi connectivity index (χ0) is 20.8. The van der Waals surface area contributed by atoms with E-state index in [0.717, 1.165) is 22.6 Å². The van der Waals surface area contributed by atoms with Gasteiger partial charge in [0.2, 0.25) is 0 Å². The fourth-order valence-corrected chi connectivity index (χ4v) is 5.07. The van der Waals surface area contributed by atoms with E-state index in [4.69, 9.17) is 27.9 Å². The minimum atomic E-state index is -0.247. The molecular weight excluding hydrogens is 423 g/mol. The zero-order valence-electron chi connectivity index (χ0n) is 15.9. The number of ether oxygens (including phenoxy) is 1. The van der Waals surface area contributed by atoms with Crippen LogP contribution < -0.4 is 4.74 Å². The molecule has 3 aliphatic rings. The number of nitrogens with zero attached hydrogens (tertiary/aromatic N) is 2. The number of imide groups is 1. The molecular formula is C23H18Cl2N2O3. The van der Waals surface area contributed by atoms with Gasteiger partial charge in [-0.2, -0.15) is 10.1 Å². The van der Waals surface area contributed by atoms with Crippen LogP contribution in [0.4, 0.5) is 0 Å². The van der Waals surface area contributed by atoms with Gasteiger partial charge < -0.3 is 4.74 Å². The minimum Gasteiger partial charge on any atom is -0.489 e. The van der Waals surface area contributed by atoms with E-state index in [9.17, 15) is 9.59 Å². The molecule has 0 spiro atoms. The highest BCUT2D eigenvalue weighted by Crippen LogP contribution is 2.52. The van der Waals surface area contributed by atoms with Gasteiger partial charge in [-0.3, -0.25) is 9.59 Å². The molecule has 0 unspecified atom stereocenters. The molecule has 2 amide bonds. The number of benzene rings is 2. The van der Waals surface area contributed by atoms with Crippen LogP contribution in [0.3, 0.4) is 0 Å². The molecule has 7 heteroatoms. The summed E-state index contributed by atoms with van der Waals surface area (Å²) in [6.07, 6.45) is 6.56. The summed E-state index contributed by atoms with van der Waals surface area (Å²) in [4.78, 5) is 25.4. The molecule has 0 aromatic heterocycles. The van der Waals surface area contributed by atoms with Crippen LogP contribution in [0, 0.1) is 23.7 Å². The number of fused-ring (bicyclic) bond motifs is 5. The third-order valence-corrected chi connectivity index (χ3v) is 6.62. The summed E-state index contributed by atoms with van der Waals surface area (Å²) in [5.41, 5.74) is 1.55. The molecule has 0 N–H and O–H groups in total. The van der Waals surface area contributed by atoms with Gasteiger partial charge in [0, 0.05) is 15.6 Å². The van der Waals surface area contributed by atoms with Gasteiger partial charge in [0.05, 0.1) is 18.1 Å². The van der Waals surface area contributed by atoms with Crippen molar-refractivity contribution < 1.29 is 14.3 Å². The Kier molecular flexibility index (Phi) is 4.88. The minimum absolute atomic E-state index is 0.174. The lowest BCUT2D eigenvalue weighted by Crippen LogP contribution is -2.28. The first kappa shape index (κ1) is 19.3. The Hall–Kier alpha value is -2.63. The lowest BCUT2D eigenvalue weighted by atomic mass is 9.85. The van der Waals surface area contributed by atoms with Gasteiger partial charge in [0.1, 0.15) is 12.4 Å². The van der Waals surface area contributed by atoms with E-state index in [2.05, 4.69) is 17.3 Å². The predicted octanol–water partition coefficient (Wildman–Crippen LogP) is 4.71. The van der Waals surface area contributed by atoms with E-state index in [-0.39, 0.29) is 35.5 Å². The van der Waals surface area contributed by atoms with Gasteiger partial charge in [-0.1, -0.05) is 53.6 Å². The van der Waals surface area contributed by atoms with Crippen molar-refractivity contribution in [1.82, 2.24) is 5.01 Å². The number of carbonyl (C=O) groups excluding carboxylic acids is 2. The largest absolute Gasteiger partial charge is 0.489 e. The van der Waals surface area contributed by atoms with Crippen LogP contribution in [0.2, 0.25) is 10.0 Å². The number of hydrogen-bond acceptors (Lipinski definition) is 4. The lowest BCUT2D eigenvalue weighted by Gasteiger charge is -2.13. The van der Waals surface area contributed by atoms with Crippen molar-refractivity contribution in [2.24, 2.45) is 28.8 Å². The molecule has 5 nitrogen and oxygen atoms in total. The number of carbonyl (C=O) groups is 2. The van der Waals surface area contributed by atoms with Crippen molar-refractivity contribution in [2.75, 3.05) is 0 Å². The van der Waals surface area contributed by atoms with Gasteiger partial charge in [-0.25, -0.2) is 0 Å². The van der Waals surface area contributed by atoms with Crippen LogP contribution in [0.25, 0.3) is 0 Å². The Labute approximate surface area is 183 Å². The van der Waals surface area contributed by atoms with Crippen molar-refractivity contribution in [1.29, 1.82) is 0 Å². The van der Waals surface area contributed by atoms with Crippen LogP contribution in [-0.4, -0.2) is 23.0 Å². The Balaban J connectivity index is 1.27. The first-order valence-corrected chi connectivity index (χ1v) is 10.5. The molecule has 1 saturated carbocycles. The highest BCUT2D eigenvalue weighted by atomic mass is 35.5. The Morgan fingerprint density at radius 1 is 1.03 bits per heavy atom. The molecule has 2 aliphatic carbocycles. The van der Waals surface area contributed by atoms with Crippen LogP contribution in [0.5, 0.6) is 5.75 Å². The molecule has 2 bridgehead atoms. The highest BCUT2D eigenvalue weighted by molar-refractivity contribution is 6.35. The van der Waals surface area contributed by atoms with Crippen LogP contribution in [-0.2, 0) is 16.2 Å². The summed E-state index contributed by atoms with van der Waals surface area (Å²) < 4.78 is 5.82. The first-order chi connectivity index (χ1) is 14.5. The second-order valence-corrected chi connectivity index (χ2v) is 8.67. The fraction of sp³-hybridized carbons (Fsp3) is 0.261. The molecule has 1 heterocycles. The van der Waals surface area contributed by atoms with Crippen molar-refractivity contribution in [3.63, 3.8) is 0 Å². The molecule has 2 fully saturated rings. The molecule has 2 aromatic carbocycles. The van der Waals surface area contributed by atoms with E-state index >= 15 is 0 Å². The maximum atomic E-state index is 12.7.